The third kappa shape index (κ3) is 3.79. The Morgan fingerprint density at radius 2 is 1.71 bits per heavy atom. The number of nitrogens with zero attached hydrogens (tertiary/aromatic N) is 1. The van der Waals surface area contributed by atoms with E-state index in [1.54, 1.807) is 12.1 Å². The minimum atomic E-state index is 0.0589. The second-order valence-corrected chi connectivity index (χ2v) is 3.92. The lowest BCUT2D eigenvalue weighted by atomic mass is 10.3. The van der Waals surface area contributed by atoms with E-state index in [4.69, 9.17) is 0 Å². The van der Waals surface area contributed by atoms with E-state index in [0.717, 1.165) is 25.2 Å². The fraction of sp³-hybridized carbons (Fsp3) is 0.214. The number of aryl methyl sites for hydroxylation is 1. The molecule has 3 nitrogen and oxygen atoms in total. The van der Waals surface area contributed by atoms with E-state index in [-0.39, 0.29) is 5.43 Å². The molecule has 1 heterocycles. The topological polar surface area (TPSA) is 34.0 Å². The Labute approximate surface area is 101 Å². The molecular weight excluding hydrogens is 212 g/mol. The van der Waals surface area contributed by atoms with Crippen LogP contribution in [0.4, 0.5) is 5.69 Å². The zero-order valence-corrected chi connectivity index (χ0v) is 9.67. The second kappa shape index (κ2) is 5.89. The lowest BCUT2D eigenvalue weighted by molar-refractivity contribution is 0.656. The summed E-state index contributed by atoms with van der Waals surface area (Å²) in [5.41, 5.74) is 1.20. The SMILES string of the molecule is O=c1ccn(CCCNc2ccccc2)cc1. The molecule has 1 aromatic heterocycles. The molecule has 0 aliphatic heterocycles. The first-order valence-electron chi connectivity index (χ1n) is 5.80. The monoisotopic (exact) mass is 228 g/mol. The highest BCUT2D eigenvalue weighted by atomic mass is 16.1. The maximum absolute atomic E-state index is 10.9. The summed E-state index contributed by atoms with van der Waals surface area (Å²) in [5, 5.41) is 3.35. The number of nitrogens with one attached hydrogen (secondary N) is 1. The molecule has 2 rings (SSSR count). The van der Waals surface area contributed by atoms with E-state index in [9.17, 15) is 4.79 Å². The van der Waals surface area contributed by atoms with Gasteiger partial charge in [0, 0.05) is 43.3 Å². The quantitative estimate of drug-likeness (QED) is 0.797. The van der Waals surface area contributed by atoms with Crippen LogP contribution in [0.15, 0.2) is 59.7 Å². The molecule has 0 saturated heterocycles. The van der Waals surface area contributed by atoms with Gasteiger partial charge in [0.25, 0.3) is 0 Å². The van der Waals surface area contributed by atoms with Crippen LogP contribution >= 0.6 is 0 Å². The Bertz CT molecular complexity index is 485. The smallest absolute Gasteiger partial charge is 0.181 e. The molecule has 0 radical (unpaired) electrons. The van der Waals surface area contributed by atoms with Gasteiger partial charge in [-0.1, -0.05) is 18.2 Å². The number of benzene rings is 1. The summed E-state index contributed by atoms with van der Waals surface area (Å²) < 4.78 is 2.02. The molecule has 2 aromatic rings. The first-order chi connectivity index (χ1) is 8.34. The van der Waals surface area contributed by atoms with Crippen LogP contribution in [-0.2, 0) is 6.54 Å². The largest absolute Gasteiger partial charge is 0.385 e. The van der Waals surface area contributed by atoms with Gasteiger partial charge in [-0.05, 0) is 18.6 Å². The van der Waals surface area contributed by atoms with Gasteiger partial charge in [0.1, 0.15) is 0 Å². The highest BCUT2D eigenvalue weighted by Crippen LogP contribution is 2.04. The second-order valence-electron chi connectivity index (χ2n) is 3.92. The molecular formula is C14H16N2O. The van der Waals surface area contributed by atoms with Crippen LogP contribution in [0.1, 0.15) is 6.42 Å². The zero-order valence-electron chi connectivity index (χ0n) is 9.67. The lowest BCUT2D eigenvalue weighted by Gasteiger charge is -2.07. The molecule has 88 valence electrons. The fourth-order valence-electron chi connectivity index (χ4n) is 1.64. The van der Waals surface area contributed by atoms with Crippen molar-refractivity contribution in [2.75, 3.05) is 11.9 Å². The van der Waals surface area contributed by atoms with Crippen molar-refractivity contribution in [2.24, 2.45) is 0 Å². The molecule has 1 N–H and O–H groups in total. The van der Waals surface area contributed by atoms with E-state index < -0.39 is 0 Å². The predicted molar refractivity (Wildman–Crippen MR) is 70.3 cm³/mol. The van der Waals surface area contributed by atoms with Crippen LogP contribution in [-0.4, -0.2) is 11.1 Å². The molecule has 0 spiro atoms. The van der Waals surface area contributed by atoms with Crippen LogP contribution < -0.4 is 10.7 Å². The van der Waals surface area contributed by atoms with E-state index in [1.165, 1.54) is 0 Å². The van der Waals surface area contributed by atoms with E-state index in [2.05, 4.69) is 17.4 Å². The molecule has 17 heavy (non-hydrogen) atoms. The highest BCUT2D eigenvalue weighted by Gasteiger charge is 1.91. The first kappa shape index (κ1) is 11.5. The van der Waals surface area contributed by atoms with Gasteiger partial charge < -0.3 is 9.88 Å². The zero-order chi connectivity index (χ0) is 11.9. The van der Waals surface area contributed by atoms with Crippen LogP contribution in [0.2, 0.25) is 0 Å². The van der Waals surface area contributed by atoms with E-state index >= 15 is 0 Å². The van der Waals surface area contributed by atoms with Crippen LogP contribution in [0, 0.1) is 0 Å². The number of pyridine rings is 1. The van der Waals surface area contributed by atoms with Gasteiger partial charge in [-0.3, -0.25) is 4.79 Å². The minimum Gasteiger partial charge on any atom is -0.385 e. The third-order valence-corrected chi connectivity index (χ3v) is 2.56. The summed E-state index contributed by atoms with van der Waals surface area (Å²) in [7, 11) is 0. The lowest BCUT2D eigenvalue weighted by Crippen LogP contribution is -2.08. The summed E-state index contributed by atoms with van der Waals surface area (Å²) in [5.74, 6) is 0. The number of rotatable bonds is 5. The molecule has 0 saturated carbocycles. The van der Waals surface area contributed by atoms with Gasteiger partial charge >= 0.3 is 0 Å². The minimum absolute atomic E-state index is 0.0589. The molecule has 0 unspecified atom stereocenters. The van der Waals surface area contributed by atoms with Crippen molar-refractivity contribution < 1.29 is 0 Å². The molecule has 1 aromatic carbocycles. The summed E-state index contributed by atoms with van der Waals surface area (Å²) in [4.78, 5) is 10.9. The number of para-hydroxylation sites is 1. The van der Waals surface area contributed by atoms with Gasteiger partial charge in [0.05, 0.1) is 0 Å². The average molecular weight is 228 g/mol. The Morgan fingerprint density at radius 1 is 1.00 bits per heavy atom. The van der Waals surface area contributed by atoms with Crippen molar-refractivity contribution in [2.45, 2.75) is 13.0 Å². The predicted octanol–water partition coefficient (Wildman–Crippen LogP) is 2.35. The molecule has 0 atom stereocenters. The number of aromatic nitrogens is 1. The normalized spacial score (nSPS) is 10.1. The van der Waals surface area contributed by atoms with Gasteiger partial charge in [-0.15, -0.1) is 0 Å². The number of hydrogen-bond donors (Lipinski definition) is 1. The molecule has 0 fully saturated rings. The standard InChI is InChI=1S/C14H16N2O/c17-14-7-11-16(12-8-14)10-4-9-15-13-5-2-1-3-6-13/h1-3,5-8,11-12,15H,4,9-10H2. The van der Waals surface area contributed by atoms with Crippen molar-refractivity contribution in [3.63, 3.8) is 0 Å². The molecule has 3 heteroatoms. The Morgan fingerprint density at radius 3 is 2.41 bits per heavy atom. The maximum atomic E-state index is 10.9. The van der Waals surface area contributed by atoms with Crippen LogP contribution in [0.25, 0.3) is 0 Å². The average Bonchev–Trinajstić information content (AvgIpc) is 2.38. The van der Waals surface area contributed by atoms with Crippen LogP contribution in [0.3, 0.4) is 0 Å². The Kier molecular flexibility index (Phi) is 3.97. The van der Waals surface area contributed by atoms with Crippen molar-refractivity contribution in [1.29, 1.82) is 0 Å². The molecule has 0 amide bonds. The highest BCUT2D eigenvalue weighted by molar-refractivity contribution is 5.42. The van der Waals surface area contributed by atoms with E-state index in [1.807, 2.05) is 35.2 Å². The van der Waals surface area contributed by atoms with Crippen LogP contribution in [0.5, 0.6) is 0 Å². The van der Waals surface area contributed by atoms with Gasteiger partial charge in [0.15, 0.2) is 5.43 Å². The van der Waals surface area contributed by atoms with E-state index in [0.29, 0.717) is 0 Å². The fourth-order valence-corrected chi connectivity index (χ4v) is 1.64. The maximum Gasteiger partial charge on any atom is 0.181 e. The molecule has 0 bridgehead atoms. The summed E-state index contributed by atoms with van der Waals surface area (Å²) in [6.45, 7) is 1.84. The summed E-state index contributed by atoms with van der Waals surface area (Å²) in [6, 6.07) is 13.3. The number of hydrogen-bond acceptors (Lipinski definition) is 2. The summed E-state index contributed by atoms with van der Waals surface area (Å²) in [6.07, 6.45) is 4.67. The van der Waals surface area contributed by atoms with Crippen molar-refractivity contribution in [1.82, 2.24) is 4.57 Å². The summed E-state index contributed by atoms with van der Waals surface area (Å²) >= 11 is 0. The third-order valence-electron chi connectivity index (χ3n) is 2.56. The van der Waals surface area contributed by atoms with Crippen molar-refractivity contribution in [3.8, 4) is 0 Å². The Hall–Kier alpha value is -2.03. The first-order valence-corrected chi connectivity index (χ1v) is 5.80. The molecule has 0 aliphatic rings. The van der Waals surface area contributed by atoms with Crippen molar-refractivity contribution in [3.05, 3.63) is 65.1 Å². The molecule has 0 aliphatic carbocycles. The number of anilines is 1. The van der Waals surface area contributed by atoms with Gasteiger partial charge in [0.2, 0.25) is 0 Å². The Balaban J connectivity index is 1.73. The van der Waals surface area contributed by atoms with Gasteiger partial charge in [-0.2, -0.15) is 0 Å². The van der Waals surface area contributed by atoms with Crippen molar-refractivity contribution >= 4 is 5.69 Å². The van der Waals surface area contributed by atoms with Gasteiger partial charge in [-0.25, -0.2) is 0 Å².